The number of fused-ring (bicyclic) bond motifs is 1. The fourth-order valence-electron chi connectivity index (χ4n) is 2.42. The van der Waals surface area contributed by atoms with E-state index in [1.807, 2.05) is 26.8 Å². The summed E-state index contributed by atoms with van der Waals surface area (Å²) in [5, 5.41) is 4.32. The van der Waals surface area contributed by atoms with Crippen LogP contribution >= 0.6 is 22.9 Å². The Labute approximate surface area is 148 Å². The maximum absolute atomic E-state index is 12.7. The Bertz CT molecular complexity index is 924. The van der Waals surface area contributed by atoms with Gasteiger partial charge in [-0.05, 0) is 44.0 Å². The number of anilines is 1. The molecule has 2 aromatic heterocycles. The van der Waals surface area contributed by atoms with Crippen LogP contribution in [0.5, 0.6) is 5.88 Å². The summed E-state index contributed by atoms with van der Waals surface area (Å²) < 4.78 is 5.55. The van der Waals surface area contributed by atoms with Gasteiger partial charge in [0.1, 0.15) is 11.2 Å². The van der Waals surface area contributed by atoms with E-state index in [4.69, 9.17) is 16.3 Å². The normalized spacial score (nSPS) is 10.8. The first-order valence-electron chi connectivity index (χ1n) is 7.46. The number of nitrogens with one attached hydrogen (secondary N) is 1. The molecule has 3 aromatic rings. The molecule has 7 heteroatoms. The first kappa shape index (κ1) is 16.7. The summed E-state index contributed by atoms with van der Waals surface area (Å²) in [5.41, 5.74) is 2.35. The average Bonchev–Trinajstić information content (AvgIpc) is 2.90. The van der Waals surface area contributed by atoms with Crippen molar-refractivity contribution < 1.29 is 9.53 Å². The zero-order valence-corrected chi connectivity index (χ0v) is 15.1. The van der Waals surface area contributed by atoms with Gasteiger partial charge in [0, 0.05) is 10.7 Å². The molecule has 1 N–H and O–H groups in total. The van der Waals surface area contributed by atoms with E-state index in [9.17, 15) is 4.79 Å². The van der Waals surface area contributed by atoms with Gasteiger partial charge in [-0.25, -0.2) is 9.97 Å². The van der Waals surface area contributed by atoms with E-state index >= 15 is 0 Å². The van der Waals surface area contributed by atoms with Crippen LogP contribution < -0.4 is 10.1 Å². The molecule has 0 aliphatic carbocycles. The molecular weight excluding hydrogens is 346 g/mol. The van der Waals surface area contributed by atoms with Crippen LogP contribution in [0.1, 0.15) is 27.7 Å². The summed E-state index contributed by atoms with van der Waals surface area (Å²) in [6.07, 6.45) is 1.45. The summed E-state index contributed by atoms with van der Waals surface area (Å²) in [7, 11) is 0. The number of benzene rings is 1. The Morgan fingerprint density at radius 2 is 2.08 bits per heavy atom. The first-order valence-corrected chi connectivity index (χ1v) is 8.65. The highest BCUT2D eigenvalue weighted by atomic mass is 35.5. The van der Waals surface area contributed by atoms with Gasteiger partial charge in [0.2, 0.25) is 5.88 Å². The zero-order chi connectivity index (χ0) is 17.3. The standard InChI is InChI=1S/C17H16ClN3O2S/c1-4-23-16-13-10(3)14(24-17(13)20-8-19-16)15(22)21-12-7-5-6-11(18)9(12)2/h5-8H,4H2,1-3H3,(H,21,22). The van der Waals surface area contributed by atoms with Crippen LogP contribution in [0.2, 0.25) is 5.02 Å². The van der Waals surface area contributed by atoms with Crippen molar-refractivity contribution in [2.24, 2.45) is 0 Å². The Morgan fingerprint density at radius 1 is 1.29 bits per heavy atom. The van der Waals surface area contributed by atoms with Gasteiger partial charge in [-0.15, -0.1) is 11.3 Å². The minimum atomic E-state index is -0.191. The van der Waals surface area contributed by atoms with Gasteiger partial charge in [-0.1, -0.05) is 17.7 Å². The Balaban J connectivity index is 2.00. The number of rotatable bonds is 4. The number of hydrogen-bond donors (Lipinski definition) is 1. The largest absolute Gasteiger partial charge is 0.477 e. The van der Waals surface area contributed by atoms with E-state index in [1.54, 1.807) is 12.1 Å². The third-order valence-corrected chi connectivity index (χ3v) is 5.30. The molecule has 0 saturated heterocycles. The van der Waals surface area contributed by atoms with Crippen LogP contribution in [0.25, 0.3) is 10.2 Å². The van der Waals surface area contributed by atoms with Crippen LogP contribution in [0.3, 0.4) is 0 Å². The van der Waals surface area contributed by atoms with Crippen molar-refractivity contribution in [1.82, 2.24) is 9.97 Å². The van der Waals surface area contributed by atoms with Crippen LogP contribution in [-0.4, -0.2) is 22.5 Å². The molecular formula is C17H16ClN3O2S. The van der Waals surface area contributed by atoms with Crippen LogP contribution in [0, 0.1) is 13.8 Å². The summed E-state index contributed by atoms with van der Waals surface area (Å²) in [6.45, 7) is 6.15. The van der Waals surface area contributed by atoms with Gasteiger partial charge in [0.05, 0.1) is 16.9 Å². The predicted molar refractivity (Wildman–Crippen MR) is 97.5 cm³/mol. The number of aromatic nitrogens is 2. The monoisotopic (exact) mass is 361 g/mol. The molecule has 0 bridgehead atoms. The zero-order valence-electron chi connectivity index (χ0n) is 13.5. The number of ether oxygens (including phenoxy) is 1. The first-order chi connectivity index (χ1) is 11.5. The number of halogens is 1. The number of carbonyl (C=O) groups excluding carboxylic acids is 1. The van der Waals surface area contributed by atoms with E-state index in [1.165, 1.54) is 17.7 Å². The van der Waals surface area contributed by atoms with Crippen molar-refractivity contribution in [3.63, 3.8) is 0 Å². The quantitative estimate of drug-likeness (QED) is 0.736. The van der Waals surface area contributed by atoms with Crippen molar-refractivity contribution in [3.05, 3.63) is 45.6 Å². The second-order valence-corrected chi connectivity index (χ2v) is 6.62. The van der Waals surface area contributed by atoms with Gasteiger partial charge in [0.25, 0.3) is 5.91 Å². The van der Waals surface area contributed by atoms with Gasteiger partial charge in [-0.2, -0.15) is 0 Å². The van der Waals surface area contributed by atoms with Crippen LogP contribution in [-0.2, 0) is 0 Å². The number of amides is 1. The molecule has 0 unspecified atom stereocenters. The van der Waals surface area contributed by atoms with Gasteiger partial charge in [-0.3, -0.25) is 4.79 Å². The highest BCUT2D eigenvalue weighted by Crippen LogP contribution is 2.35. The molecule has 124 valence electrons. The maximum Gasteiger partial charge on any atom is 0.266 e. The fourth-order valence-corrected chi connectivity index (χ4v) is 3.63. The molecule has 5 nitrogen and oxygen atoms in total. The van der Waals surface area contributed by atoms with Crippen molar-refractivity contribution in [3.8, 4) is 5.88 Å². The molecule has 1 amide bonds. The molecule has 3 rings (SSSR count). The number of nitrogens with zero attached hydrogens (tertiary/aromatic N) is 2. The van der Waals surface area contributed by atoms with Crippen molar-refractivity contribution in [1.29, 1.82) is 0 Å². The second-order valence-electron chi connectivity index (χ2n) is 5.21. The molecule has 0 aliphatic rings. The van der Waals surface area contributed by atoms with E-state index in [0.717, 1.165) is 21.3 Å². The second kappa shape index (κ2) is 6.75. The van der Waals surface area contributed by atoms with Crippen molar-refractivity contribution >= 4 is 44.7 Å². The fraction of sp³-hybridized carbons (Fsp3) is 0.235. The Kier molecular flexibility index (Phi) is 4.69. The summed E-state index contributed by atoms with van der Waals surface area (Å²) in [4.78, 5) is 22.4. The highest BCUT2D eigenvalue weighted by Gasteiger charge is 2.20. The lowest BCUT2D eigenvalue weighted by Crippen LogP contribution is -2.12. The number of aryl methyl sites for hydroxylation is 1. The molecule has 0 atom stereocenters. The average molecular weight is 362 g/mol. The summed E-state index contributed by atoms with van der Waals surface area (Å²) >= 11 is 7.44. The number of carbonyl (C=O) groups is 1. The van der Waals surface area contributed by atoms with Crippen LogP contribution in [0.4, 0.5) is 5.69 Å². The van der Waals surface area contributed by atoms with Crippen molar-refractivity contribution in [2.45, 2.75) is 20.8 Å². The van der Waals surface area contributed by atoms with Gasteiger partial charge < -0.3 is 10.1 Å². The topological polar surface area (TPSA) is 64.1 Å². The minimum absolute atomic E-state index is 0.191. The molecule has 0 saturated carbocycles. The lowest BCUT2D eigenvalue weighted by atomic mass is 10.1. The molecule has 0 fully saturated rings. The van der Waals surface area contributed by atoms with E-state index < -0.39 is 0 Å². The molecule has 1 aromatic carbocycles. The van der Waals surface area contributed by atoms with E-state index in [0.29, 0.717) is 28.1 Å². The van der Waals surface area contributed by atoms with E-state index in [2.05, 4.69) is 15.3 Å². The molecule has 0 aliphatic heterocycles. The Morgan fingerprint density at radius 3 is 2.83 bits per heavy atom. The lowest BCUT2D eigenvalue weighted by molar-refractivity contribution is 0.103. The van der Waals surface area contributed by atoms with E-state index in [-0.39, 0.29) is 5.91 Å². The lowest BCUT2D eigenvalue weighted by Gasteiger charge is -2.09. The highest BCUT2D eigenvalue weighted by molar-refractivity contribution is 7.20. The third kappa shape index (κ3) is 2.95. The molecule has 2 heterocycles. The SMILES string of the molecule is CCOc1ncnc2sc(C(=O)Nc3cccc(Cl)c3C)c(C)c12. The third-order valence-electron chi connectivity index (χ3n) is 3.70. The molecule has 0 spiro atoms. The number of thiophene rings is 1. The van der Waals surface area contributed by atoms with Crippen molar-refractivity contribution in [2.75, 3.05) is 11.9 Å². The van der Waals surface area contributed by atoms with Gasteiger partial charge >= 0.3 is 0 Å². The Hall–Kier alpha value is -2.18. The molecule has 0 radical (unpaired) electrons. The van der Waals surface area contributed by atoms with Gasteiger partial charge in [0.15, 0.2) is 0 Å². The maximum atomic E-state index is 12.7. The minimum Gasteiger partial charge on any atom is -0.477 e. The summed E-state index contributed by atoms with van der Waals surface area (Å²) in [6, 6.07) is 5.43. The van der Waals surface area contributed by atoms with Crippen LogP contribution in [0.15, 0.2) is 24.5 Å². The summed E-state index contributed by atoms with van der Waals surface area (Å²) in [5.74, 6) is 0.317. The number of hydrogen-bond acceptors (Lipinski definition) is 5. The predicted octanol–water partition coefficient (Wildman–Crippen LogP) is 4.61. The smallest absolute Gasteiger partial charge is 0.266 e. The molecule has 24 heavy (non-hydrogen) atoms.